The summed E-state index contributed by atoms with van der Waals surface area (Å²) >= 11 is 0. The van der Waals surface area contributed by atoms with Crippen LogP contribution in [0.1, 0.15) is 59.8 Å². The Balaban J connectivity index is 0. The molecular weight excluding hydrogens is 164 g/mol. The topological polar surface area (TPSA) is 37.3 Å². The van der Waals surface area contributed by atoms with Crippen LogP contribution in [0.5, 0.6) is 0 Å². The van der Waals surface area contributed by atoms with Crippen LogP contribution in [0.4, 0.5) is 0 Å². The second-order valence-corrected chi connectivity index (χ2v) is 3.70. The number of rotatable bonds is 5. The molecule has 0 aromatic heterocycles. The van der Waals surface area contributed by atoms with Crippen LogP contribution < -0.4 is 0 Å². The lowest BCUT2D eigenvalue weighted by molar-refractivity contribution is -0.137. The number of unbranched alkanes of at least 4 members (excludes halogenated alkanes) is 3. The molecule has 2 heteroatoms. The minimum atomic E-state index is -0.713. The molecule has 0 unspecified atom stereocenters. The molecular formula is C11H24O2. The van der Waals surface area contributed by atoms with E-state index in [1.165, 1.54) is 25.7 Å². The van der Waals surface area contributed by atoms with Crippen LogP contribution in [0.2, 0.25) is 0 Å². The molecule has 0 aromatic rings. The summed E-state index contributed by atoms with van der Waals surface area (Å²) in [4.78, 5) is 9.81. The van der Waals surface area contributed by atoms with Crippen LogP contribution in [0.3, 0.4) is 0 Å². The molecule has 0 atom stereocenters. The number of hydrogen-bond donors (Lipinski definition) is 1. The lowest BCUT2D eigenvalue weighted by Crippen LogP contribution is -1.99. The summed E-state index contributed by atoms with van der Waals surface area (Å²) < 4.78 is 0. The van der Waals surface area contributed by atoms with Crippen molar-refractivity contribution in [2.75, 3.05) is 0 Å². The van der Waals surface area contributed by atoms with Crippen molar-refractivity contribution in [2.24, 2.45) is 5.92 Å². The van der Waals surface area contributed by atoms with Crippen molar-refractivity contribution in [2.45, 2.75) is 59.8 Å². The maximum Gasteiger partial charge on any atom is 0.303 e. The summed E-state index contributed by atoms with van der Waals surface area (Å²) in [6.07, 6.45) is 5.81. The molecule has 0 rings (SSSR count). The number of carboxylic acid groups (broad SMARTS) is 1. The van der Waals surface area contributed by atoms with Gasteiger partial charge in [-0.2, -0.15) is 0 Å². The average Bonchev–Trinajstić information content (AvgIpc) is 1.99. The van der Waals surface area contributed by atoms with Crippen molar-refractivity contribution in [1.29, 1.82) is 0 Å². The van der Waals surface area contributed by atoms with E-state index in [0.717, 1.165) is 0 Å². The van der Waals surface area contributed by atoms with E-state index in [-0.39, 0.29) is 12.3 Å². The normalized spacial score (nSPS) is 9.31. The largest absolute Gasteiger partial charge is 0.481 e. The van der Waals surface area contributed by atoms with Crippen LogP contribution in [0.15, 0.2) is 0 Å². The highest BCUT2D eigenvalue weighted by atomic mass is 16.4. The fraction of sp³-hybridized carbons (Fsp3) is 0.909. The fourth-order valence-electron chi connectivity index (χ4n) is 0.849. The van der Waals surface area contributed by atoms with Gasteiger partial charge in [0.15, 0.2) is 0 Å². The lowest BCUT2D eigenvalue weighted by atomic mass is 10.1. The summed E-state index contributed by atoms with van der Waals surface area (Å²) in [6, 6.07) is 0. The molecule has 0 aliphatic rings. The summed E-state index contributed by atoms with van der Waals surface area (Å²) in [5.74, 6) is -0.438. The Morgan fingerprint density at radius 3 is 1.62 bits per heavy atom. The highest BCUT2D eigenvalue weighted by Gasteiger charge is 1.98. The van der Waals surface area contributed by atoms with Gasteiger partial charge in [0.05, 0.1) is 0 Å². The minimum absolute atomic E-state index is 0.275. The quantitative estimate of drug-likeness (QED) is 0.668. The Morgan fingerprint density at radius 1 is 1.15 bits per heavy atom. The summed E-state index contributed by atoms with van der Waals surface area (Å²) in [5.41, 5.74) is 0. The smallest absolute Gasteiger partial charge is 0.303 e. The molecule has 0 heterocycles. The van der Waals surface area contributed by atoms with Crippen molar-refractivity contribution in [3.63, 3.8) is 0 Å². The van der Waals surface area contributed by atoms with E-state index in [1.54, 1.807) is 0 Å². The zero-order chi connectivity index (χ0) is 10.7. The first kappa shape index (κ1) is 15.0. The average molecular weight is 188 g/mol. The lowest BCUT2D eigenvalue weighted by Gasteiger charge is -1.94. The van der Waals surface area contributed by atoms with Gasteiger partial charge in [0, 0.05) is 6.42 Å². The van der Waals surface area contributed by atoms with Crippen molar-refractivity contribution in [3.8, 4) is 0 Å². The first-order valence-corrected chi connectivity index (χ1v) is 5.26. The van der Waals surface area contributed by atoms with Gasteiger partial charge in [-0.15, -0.1) is 0 Å². The molecule has 0 aromatic carbocycles. The summed E-state index contributed by atoms with van der Waals surface area (Å²) in [5, 5.41) is 8.08. The monoisotopic (exact) mass is 188 g/mol. The number of carboxylic acids is 1. The van der Waals surface area contributed by atoms with Gasteiger partial charge in [-0.05, 0) is 5.92 Å². The van der Waals surface area contributed by atoms with Crippen molar-refractivity contribution < 1.29 is 9.90 Å². The predicted octanol–water partition coefficient (Wildman–Crippen LogP) is 3.70. The Labute approximate surface area is 82.4 Å². The molecule has 0 spiro atoms. The molecule has 0 aliphatic carbocycles. The highest BCUT2D eigenvalue weighted by molar-refractivity contribution is 5.66. The third kappa shape index (κ3) is 24.6. The molecule has 0 radical (unpaired) electrons. The van der Waals surface area contributed by atoms with E-state index in [2.05, 4.69) is 13.8 Å². The number of hydrogen-bond acceptors (Lipinski definition) is 1. The van der Waals surface area contributed by atoms with Gasteiger partial charge in [-0.25, -0.2) is 0 Å². The Bertz CT molecular complexity index is 105. The first-order chi connectivity index (χ1) is 6.04. The summed E-state index contributed by atoms with van der Waals surface area (Å²) in [7, 11) is 0. The maximum absolute atomic E-state index is 9.81. The highest BCUT2D eigenvalue weighted by Crippen LogP contribution is 1.96. The third-order valence-corrected chi connectivity index (χ3v) is 1.54. The van der Waals surface area contributed by atoms with Crippen LogP contribution in [0.25, 0.3) is 0 Å². The Morgan fingerprint density at radius 2 is 1.54 bits per heavy atom. The zero-order valence-corrected chi connectivity index (χ0v) is 9.47. The second-order valence-electron chi connectivity index (χ2n) is 3.70. The van der Waals surface area contributed by atoms with Crippen LogP contribution >= 0.6 is 0 Å². The standard InChI is InChI=1S/C6H14.C5H10O2/c1-3-5-6-4-2;1-4(2)3-5(6)7/h3-6H2,1-2H3;4H,3H2,1-2H3,(H,6,7). The molecule has 80 valence electrons. The van der Waals surface area contributed by atoms with Gasteiger partial charge in [-0.1, -0.05) is 53.4 Å². The van der Waals surface area contributed by atoms with Gasteiger partial charge in [-0.3, -0.25) is 4.79 Å². The zero-order valence-electron chi connectivity index (χ0n) is 9.47. The predicted molar refractivity (Wildman–Crippen MR) is 56.9 cm³/mol. The van der Waals surface area contributed by atoms with E-state index in [1.807, 2.05) is 13.8 Å². The van der Waals surface area contributed by atoms with Crippen molar-refractivity contribution >= 4 is 5.97 Å². The molecule has 0 saturated carbocycles. The molecule has 1 N–H and O–H groups in total. The molecule has 0 bridgehead atoms. The van der Waals surface area contributed by atoms with Crippen molar-refractivity contribution in [3.05, 3.63) is 0 Å². The molecule has 0 amide bonds. The van der Waals surface area contributed by atoms with E-state index < -0.39 is 5.97 Å². The van der Waals surface area contributed by atoms with E-state index >= 15 is 0 Å². The SMILES string of the molecule is CC(C)CC(=O)O.CCCCCC. The minimum Gasteiger partial charge on any atom is -0.481 e. The van der Waals surface area contributed by atoms with Crippen LogP contribution in [-0.2, 0) is 4.79 Å². The molecule has 13 heavy (non-hydrogen) atoms. The third-order valence-electron chi connectivity index (χ3n) is 1.54. The Hall–Kier alpha value is -0.530. The van der Waals surface area contributed by atoms with Crippen LogP contribution in [0, 0.1) is 5.92 Å². The van der Waals surface area contributed by atoms with E-state index in [4.69, 9.17) is 5.11 Å². The number of aliphatic carboxylic acids is 1. The molecule has 0 fully saturated rings. The fourth-order valence-corrected chi connectivity index (χ4v) is 0.849. The van der Waals surface area contributed by atoms with E-state index in [9.17, 15) is 4.79 Å². The van der Waals surface area contributed by atoms with Gasteiger partial charge in [0.1, 0.15) is 0 Å². The van der Waals surface area contributed by atoms with E-state index in [0.29, 0.717) is 0 Å². The second kappa shape index (κ2) is 11.5. The molecule has 2 nitrogen and oxygen atoms in total. The first-order valence-electron chi connectivity index (χ1n) is 5.26. The van der Waals surface area contributed by atoms with Crippen molar-refractivity contribution in [1.82, 2.24) is 0 Å². The molecule has 0 saturated heterocycles. The maximum atomic E-state index is 9.81. The van der Waals surface area contributed by atoms with Gasteiger partial charge >= 0.3 is 5.97 Å². The Kier molecular flexibility index (Phi) is 13.2. The van der Waals surface area contributed by atoms with Crippen LogP contribution in [-0.4, -0.2) is 11.1 Å². The van der Waals surface area contributed by atoms with Gasteiger partial charge in [0.2, 0.25) is 0 Å². The number of carbonyl (C=O) groups is 1. The van der Waals surface area contributed by atoms with Gasteiger partial charge in [0.25, 0.3) is 0 Å². The summed E-state index contributed by atoms with van der Waals surface area (Å²) in [6.45, 7) is 8.23. The van der Waals surface area contributed by atoms with Gasteiger partial charge < -0.3 is 5.11 Å². The molecule has 0 aliphatic heterocycles.